The minimum atomic E-state index is -4.24. The van der Waals surface area contributed by atoms with Crippen molar-refractivity contribution in [3.8, 4) is 0 Å². The Morgan fingerprint density at radius 3 is 2.44 bits per heavy atom. The summed E-state index contributed by atoms with van der Waals surface area (Å²) in [5.74, 6) is -0.956. The molecule has 3 rings (SSSR count). The molecule has 1 heterocycles. The number of carbonyl (C=O) groups is 2. The molecule has 0 aliphatic rings. The van der Waals surface area contributed by atoms with Gasteiger partial charge in [-0.25, -0.2) is 17.2 Å². The Morgan fingerprint density at radius 2 is 1.85 bits per heavy atom. The zero-order valence-corrected chi connectivity index (χ0v) is 16.3. The summed E-state index contributed by atoms with van der Waals surface area (Å²) in [5.41, 5.74) is -0.582. The Hall–Kier alpha value is -2.35. The molecule has 0 atom stereocenters. The molecule has 0 saturated carbocycles. The largest absolute Gasteiger partial charge is 0.461 e. The highest BCUT2D eigenvalue weighted by atomic mass is 35.5. The Balaban J connectivity index is 2.52. The molecule has 140 valence electrons. The number of aromatic nitrogens is 1. The Kier molecular flexibility index (Phi) is 5.28. The van der Waals surface area contributed by atoms with Gasteiger partial charge in [-0.15, -0.1) is 0 Å². The maximum atomic E-state index is 13.3. The van der Waals surface area contributed by atoms with Crippen LogP contribution in [0.5, 0.6) is 0 Å². The van der Waals surface area contributed by atoms with Gasteiger partial charge in [0.1, 0.15) is 0 Å². The van der Waals surface area contributed by atoms with Crippen LogP contribution in [-0.2, 0) is 14.8 Å². The number of halogens is 2. The first-order valence-corrected chi connectivity index (χ1v) is 9.98. The lowest BCUT2D eigenvalue weighted by Crippen LogP contribution is -2.21. The van der Waals surface area contributed by atoms with Gasteiger partial charge in [0.15, 0.2) is 12.0 Å². The van der Waals surface area contributed by atoms with E-state index in [-0.39, 0.29) is 38.0 Å². The summed E-state index contributed by atoms with van der Waals surface area (Å²) in [6, 6.07) is 10.2. The molecule has 0 N–H and O–H groups in total. The van der Waals surface area contributed by atoms with Crippen LogP contribution in [0.25, 0.3) is 10.9 Å². The van der Waals surface area contributed by atoms with E-state index in [0.717, 1.165) is 3.97 Å². The fraction of sp³-hybridized carbons (Fsp3) is 0.111. The Labute approximate surface area is 165 Å². The normalized spacial score (nSPS) is 11.5. The van der Waals surface area contributed by atoms with Crippen molar-refractivity contribution in [1.29, 1.82) is 0 Å². The van der Waals surface area contributed by atoms with Gasteiger partial charge in [0.05, 0.1) is 27.6 Å². The fourth-order valence-corrected chi connectivity index (χ4v) is 4.90. The van der Waals surface area contributed by atoms with E-state index in [1.165, 1.54) is 24.3 Å². The molecule has 6 nitrogen and oxygen atoms in total. The monoisotopic (exact) mass is 425 g/mol. The molecular weight excluding hydrogens is 413 g/mol. The number of hydrogen-bond acceptors (Lipinski definition) is 5. The number of nitrogens with zero attached hydrogens (tertiary/aromatic N) is 1. The first-order chi connectivity index (χ1) is 12.8. The Bertz CT molecular complexity index is 1150. The molecule has 0 aliphatic heterocycles. The molecule has 0 radical (unpaired) electrons. The Morgan fingerprint density at radius 1 is 1.19 bits per heavy atom. The number of benzene rings is 2. The first-order valence-electron chi connectivity index (χ1n) is 7.79. The smallest absolute Gasteiger partial charge is 0.356 e. The van der Waals surface area contributed by atoms with Crippen LogP contribution < -0.4 is 0 Å². The summed E-state index contributed by atoms with van der Waals surface area (Å²) in [5, 5.41) is 0.313. The van der Waals surface area contributed by atoms with Crippen LogP contribution >= 0.6 is 23.2 Å². The molecule has 0 saturated heterocycles. The average Bonchev–Trinajstić information content (AvgIpc) is 2.97. The average molecular weight is 426 g/mol. The molecular formula is C18H13Cl2NO5S. The number of esters is 1. The van der Waals surface area contributed by atoms with Gasteiger partial charge in [-0.3, -0.25) is 4.79 Å². The summed E-state index contributed by atoms with van der Waals surface area (Å²) < 4.78 is 32.3. The summed E-state index contributed by atoms with van der Waals surface area (Å²) in [6.45, 7) is 1.57. The van der Waals surface area contributed by atoms with Crippen molar-refractivity contribution in [2.75, 3.05) is 6.61 Å². The topological polar surface area (TPSA) is 82.4 Å². The highest BCUT2D eigenvalue weighted by Crippen LogP contribution is 2.36. The minimum Gasteiger partial charge on any atom is -0.461 e. The fourth-order valence-electron chi connectivity index (χ4n) is 2.79. The van der Waals surface area contributed by atoms with Gasteiger partial charge in [-0.05, 0) is 31.2 Å². The molecule has 0 bridgehead atoms. The van der Waals surface area contributed by atoms with Crippen molar-refractivity contribution in [2.45, 2.75) is 11.8 Å². The molecule has 0 spiro atoms. The second kappa shape index (κ2) is 7.34. The van der Waals surface area contributed by atoms with E-state index in [4.69, 9.17) is 27.9 Å². The molecule has 9 heteroatoms. The third-order valence-electron chi connectivity index (χ3n) is 3.85. The van der Waals surface area contributed by atoms with E-state index in [0.29, 0.717) is 6.29 Å². The van der Waals surface area contributed by atoms with E-state index >= 15 is 0 Å². The molecule has 0 fully saturated rings. The molecule has 2 aromatic carbocycles. The second-order valence-corrected chi connectivity index (χ2v) is 8.10. The summed E-state index contributed by atoms with van der Waals surface area (Å²) in [4.78, 5) is 24.2. The van der Waals surface area contributed by atoms with Gasteiger partial charge in [-0.2, -0.15) is 0 Å². The first kappa shape index (κ1) is 19.4. The zero-order chi connectivity index (χ0) is 19.8. The lowest BCUT2D eigenvalue weighted by Gasteiger charge is -2.12. The number of fused-ring (bicyclic) bond motifs is 1. The molecule has 3 aromatic rings. The summed E-state index contributed by atoms with van der Waals surface area (Å²) in [6.07, 6.45) is 0.380. The van der Waals surface area contributed by atoms with Crippen molar-refractivity contribution in [3.05, 3.63) is 63.8 Å². The summed E-state index contributed by atoms with van der Waals surface area (Å²) >= 11 is 12.2. The van der Waals surface area contributed by atoms with E-state index in [1.54, 1.807) is 25.1 Å². The van der Waals surface area contributed by atoms with E-state index < -0.39 is 21.7 Å². The number of rotatable bonds is 5. The van der Waals surface area contributed by atoms with E-state index in [9.17, 15) is 18.0 Å². The van der Waals surface area contributed by atoms with Gasteiger partial charge >= 0.3 is 5.97 Å². The van der Waals surface area contributed by atoms with E-state index in [2.05, 4.69) is 0 Å². The van der Waals surface area contributed by atoms with Crippen molar-refractivity contribution < 1.29 is 22.7 Å². The zero-order valence-electron chi connectivity index (χ0n) is 14.0. The molecule has 1 aromatic heterocycles. The predicted molar refractivity (Wildman–Crippen MR) is 102 cm³/mol. The minimum absolute atomic E-state index is 0.00146. The maximum Gasteiger partial charge on any atom is 0.356 e. The van der Waals surface area contributed by atoms with Crippen LogP contribution in [0.2, 0.25) is 10.0 Å². The number of ether oxygens (including phenoxy) is 1. The second-order valence-electron chi connectivity index (χ2n) is 5.46. The third-order valence-corrected chi connectivity index (χ3v) is 6.09. The predicted octanol–water partition coefficient (Wildman–Crippen LogP) is 4.17. The molecule has 27 heavy (non-hydrogen) atoms. The van der Waals surface area contributed by atoms with Gasteiger partial charge in [0.2, 0.25) is 0 Å². The van der Waals surface area contributed by atoms with Crippen molar-refractivity contribution in [1.82, 2.24) is 3.97 Å². The molecule has 0 aliphatic carbocycles. The number of aldehydes is 1. The van der Waals surface area contributed by atoms with Gasteiger partial charge < -0.3 is 4.74 Å². The van der Waals surface area contributed by atoms with Crippen molar-refractivity contribution in [2.24, 2.45) is 0 Å². The van der Waals surface area contributed by atoms with Crippen LogP contribution in [0, 0.1) is 0 Å². The van der Waals surface area contributed by atoms with Crippen molar-refractivity contribution in [3.63, 3.8) is 0 Å². The van der Waals surface area contributed by atoms with Crippen LogP contribution in [0.3, 0.4) is 0 Å². The highest BCUT2D eigenvalue weighted by molar-refractivity contribution is 7.90. The van der Waals surface area contributed by atoms with Crippen LogP contribution in [0.4, 0.5) is 0 Å². The van der Waals surface area contributed by atoms with Crippen molar-refractivity contribution >= 4 is 56.4 Å². The lowest BCUT2D eigenvalue weighted by molar-refractivity contribution is 0.0516. The van der Waals surface area contributed by atoms with Crippen LogP contribution in [-0.4, -0.2) is 31.3 Å². The van der Waals surface area contributed by atoms with Gasteiger partial charge in [0.25, 0.3) is 10.0 Å². The number of hydrogen-bond donors (Lipinski definition) is 0. The lowest BCUT2D eigenvalue weighted by atomic mass is 10.1. The molecule has 0 amide bonds. The van der Waals surface area contributed by atoms with Gasteiger partial charge in [-0.1, -0.05) is 41.4 Å². The quantitative estimate of drug-likeness (QED) is 0.452. The molecule has 0 unspecified atom stereocenters. The number of carbonyl (C=O) groups excluding carboxylic acids is 2. The standard InChI is InChI=1S/C18H13Cl2NO5S/c1-2-26-18(23)17-13(10-22)16-14(20)8-11(19)9-15(16)21(17)27(24,25)12-6-4-3-5-7-12/h3-10H,2H2,1H3. The summed E-state index contributed by atoms with van der Waals surface area (Å²) in [7, 11) is -4.24. The highest BCUT2D eigenvalue weighted by Gasteiger charge is 2.32. The maximum absolute atomic E-state index is 13.3. The van der Waals surface area contributed by atoms with Crippen LogP contribution in [0.1, 0.15) is 27.8 Å². The van der Waals surface area contributed by atoms with Crippen LogP contribution in [0.15, 0.2) is 47.4 Å². The van der Waals surface area contributed by atoms with E-state index in [1.807, 2.05) is 0 Å². The SMILES string of the molecule is CCOC(=O)c1c(C=O)c2c(Cl)cc(Cl)cc2n1S(=O)(=O)c1ccccc1. The third kappa shape index (κ3) is 3.22. The van der Waals surface area contributed by atoms with Gasteiger partial charge in [0, 0.05) is 10.4 Å².